The average Bonchev–Trinajstić information content (AvgIpc) is 3.33. The first-order valence-corrected chi connectivity index (χ1v) is 9.68. The van der Waals surface area contributed by atoms with Crippen LogP contribution in [0, 0.1) is 6.92 Å². The molecule has 4 rings (SSSR count). The number of thiophene rings is 1. The van der Waals surface area contributed by atoms with Crippen LogP contribution in [0.3, 0.4) is 0 Å². The maximum Gasteiger partial charge on any atom is 0.206 e. The number of benzene rings is 1. The quantitative estimate of drug-likeness (QED) is 0.483. The van der Waals surface area contributed by atoms with Gasteiger partial charge < -0.3 is 11.1 Å². The van der Waals surface area contributed by atoms with E-state index in [0.717, 1.165) is 38.6 Å². The fraction of sp³-hybridized carbons (Fsp3) is 0.235. The van der Waals surface area contributed by atoms with E-state index in [0.29, 0.717) is 6.54 Å². The highest BCUT2D eigenvalue weighted by Gasteiger charge is 2.12. The molecule has 6 nitrogen and oxygen atoms in total. The summed E-state index contributed by atoms with van der Waals surface area (Å²) in [5.41, 5.74) is 9.46. The molecular weight excluding hydrogens is 352 g/mol. The normalized spacial score (nSPS) is 12.6. The Bertz CT molecular complexity index is 972. The summed E-state index contributed by atoms with van der Waals surface area (Å²) in [7, 11) is 0. The van der Waals surface area contributed by atoms with Crippen LogP contribution in [0.2, 0.25) is 0 Å². The number of nitrogens with one attached hydrogen (secondary N) is 2. The number of anilines is 1. The van der Waals surface area contributed by atoms with E-state index in [9.17, 15) is 0 Å². The molecule has 1 unspecified atom stereocenters. The second-order valence-corrected chi connectivity index (χ2v) is 7.97. The molecule has 0 bridgehead atoms. The third-order valence-electron chi connectivity index (χ3n) is 4.00. The number of hydrogen-bond acceptors (Lipinski definition) is 7. The van der Waals surface area contributed by atoms with Crippen LogP contribution in [-0.2, 0) is 6.42 Å². The summed E-state index contributed by atoms with van der Waals surface area (Å²) in [5.74, 6) is 0. The Hall–Kier alpha value is -2.29. The Morgan fingerprint density at radius 3 is 3.08 bits per heavy atom. The number of rotatable bonds is 6. The summed E-state index contributed by atoms with van der Waals surface area (Å²) >= 11 is 3.28. The van der Waals surface area contributed by atoms with Gasteiger partial charge in [0, 0.05) is 28.4 Å². The number of nitrogens with two attached hydrogens (primary N) is 1. The van der Waals surface area contributed by atoms with Gasteiger partial charge in [-0.3, -0.25) is 5.10 Å². The summed E-state index contributed by atoms with van der Waals surface area (Å²) in [6.07, 6.45) is 2.69. The van der Waals surface area contributed by atoms with Crippen LogP contribution in [0.5, 0.6) is 0 Å². The van der Waals surface area contributed by atoms with Crippen LogP contribution in [-0.4, -0.2) is 33.0 Å². The highest BCUT2D eigenvalue weighted by molar-refractivity contribution is 7.18. The lowest BCUT2D eigenvalue weighted by Crippen LogP contribution is -2.30. The number of fused-ring (bicyclic) bond motifs is 1. The highest BCUT2D eigenvalue weighted by Crippen LogP contribution is 2.31. The van der Waals surface area contributed by atoms with Crippen molar-refractivity contribution in [2.24, 2.45) is 5.73 Å². The van der Waals surface area contributed by atoms with Crippen molar-refractivity contribution < 1.29 is 0 Å². The van der Waals surface area contributed by atoms with Crippen molar-refractivity contribution in [3.8, 4) is 10.6 Å². The molecule has 0 aliphatic carbocycles. The molecule has 1 atom stereocenters. The van der Waals surface area contributed by atoms with E-state index in [1.54, 1.807) is 22.7 Å². The molecule has 0 fully saturated rings. The molecule has 0 aliphatic rings. The second kappa shape index (κ2) is 6.91. The Labute approximate surface area is 153 Å². The molecule has 4 N–H and O–H groups in total. The number of H-pyrrole nitrogens is 1. The molecule has 4 aromatic rings. The summed E-state index contributed by atoms with van der Waals surface area (Å²) in [6.45, 7) is 2.74. The van der Waals surface area contributed by atoms with Gasteiger partial charge in [0.25, 0.3) is 0 Å². The van der Waals surface area contributed by atoms with Crippen LogP contribution < -0.4 is 11.1 Å². The Kier molecular flexibility index (Phi) is 4.48. The molecule has 0 aliphatic heterocycles. The molecule has 8 heteroatoms. The van der Waals surface area contributed by atoms with E-state index in [1.165, 1.54) is 4.88 Å². The Morgan fingerprint density at radius 2 is 2.24 bits per heavy atom. The monoisotopic (exact) mass is 370 g/mol. The minimum Gasteiger partial charge on any atom is -0.359 e. The topological polar surface area (TPSA) is 92.5 Å². The van der Waals surface area contributed by atoms with E-state index in [1.807, 2.05) is 6.20 Å². The number of nitrogens with zero attached hydrogens (tertiary/aromatic N) is 3. The highest BCUT2D eigenvalue weighted by atomic mass is 32.1. The number of aromatic nitrogens is 4. The van der Waals surface area contributed by atoms with Gasteiger partial charge in [0.2, 0.25) is 5.13 Å². The van der Waals surface area contributed by atoms with Gasteiger partial charge in [0.15, 0.2) is 0 Å². The number of aryl methyl sites for hydroxylation is 1. The van der Waals surface area contributed by atoms with Gasteiger partial charge in [-0.1, -0.05) is 17.4 Å². The van der Waals surface area contributed by atoms with Crippen molar-refractivity contribution in [1.29, 1.82) is 0 Å². The smallest absolute Gasteiger partial charge is 0.206 e. The third-order valence-corrected chi connectivity index (χ3v) is 5.81. The van der Waals surface area contributed by atoms with Crippen LogP contribution in [0.4, 0.5) is 5.13 Å². The molecule has 1 aromatic carbocycles. The van der Waals surface area contributed by atoms with Gasteiger partial charge in [0.1, 0.15) is 5.01 Å². The summed E-state index contributed by atoms with van der Waals surface area (Å²) in [4.78, 5) is 1.30. The van der Waals surface area contributed by atoms with Gasteiger partial charge in [-0.25, -0.2) is 0 Å². The van der Waals surface area contributed by atoms with Crippen LogP contribution >= 0.6 is 22.7 Å². The zero-order valence-corrected chi connectivity index (χ0v) is 15.3. The SMILES string of the molecule is Cc1cc2[nH]ncc2cc1-c1nnc(NCC(N)Cc2cccs2)s1. The zero-order chi connectivity index (χ0) is 17.2. The predicted molar refractivity (Wildman–Crippen MR) is 104 cm³/mol. The molecule has 0 radical (unpaired) electrons. The van der Waals surface area contributed by atoms with E-state index in [-0.39, 0.29) is 6.04 Å². The van der Waals surface area contributed by atoms with Gasteiger partial charge in [-0.15, -0.1) is 21.5 Å². The molecule has 0 saturated heterocycles. The standard InChI is InChI=1S/C17H18N6S2/c1-10-5-15-11(8-20-21-15)6-14(10)16-22-23-17(25-16)19-9-12(18)7-13-3-2-4-24-13/h2-6,8,12H,7,9,18H2,1H3,(H,19,23)(H,20,21). The fourth-order valence-corrected chi connectivity index (χ4v) is 4.34. The first-order valence-electron chi connectivity index (χ1n) is 7.98. The minimum absolute atomic E-state index is 0.0509. The largest absolute Gasteiger partial charge is 0.359 e. The van der Waals surface area contributed by atoms with Crippen molar-refractivity contribution in [2.45, 2.75) is 19.4 Å². The lowest BCUT2D eigenvalue weighted by atomic mass is 10.1. The Morgan fingerprint density at radius 1 is 1.32 bits per heavy atom. The van der Waals surface area contributed by atoms with Crippen molar-refractivity contribution >= 4 is 38.7 Å². The van der Waals surface area contributed by atoms with Gasteiger partial charge in [-0.05, 0) is 42.5 Å². The Balaban J connectivity index is 1.45. The van der Waals surface area contributed by atoms with Crippen LogP contribution in [0.25, 0.3) is 21.5 Å². The van der Waals surface area contributed by atoms with E-state index < -0.39 is 0 Å². The van der Waals surface area contributed by atoms with Gasteiger partial charge >= 0.3 is 0 Å². The van der Waals surface area contributed by atoms with Crippen molar-refractivity contribution in [1.82, 2.24) is 20.4 Å². The molecular formula is C17H18N6S2. The summed E-state index contributed by atoms with van der Waals surface area (Å²) in [5, 5.41) is 23.8. The first-order chi connectivity index (χ1) is 12.2. The average molecular weight is 371 g/mol. The van der Waals surface area contributed by atoms with Crippen molar-refractivity contribution in [3.05, 3.63) is 46.3 Å². The van der Waals surface area contributed by atoms with Gasteiger partial charge in [0.05, 0.1) is 11.7 Å². The molecule has 3 heterocycles. The first kappa shape index (κ1) is 16.2. The number of aromatic amines is 1. The maximum atomic E-state index is 6.20. The lowest BCUT2D eigenvalue weighted by Gasteiger charge is -2.10. The van der Waals surface area contributed by atoms with Crippen molar-refractivity contribution in [3.63, 3.8) is 0 Å². The maximum absolute atomic E-state index is 6.20. The van der Waals surface area contributed by atoms with Crippen molar-refractivity contribution in [2.75, 3.05) is 11.9 Å². The fourth-order valence-electron chi connectivity index (χ4n) is 2.71. The van der Waals surface area contributed by atoms with E-state index >= 15 is 0 Å². The molecule has 0 saturated carbocycles. The molecule has 0 amide bonds. The zero-order valence-electron chi connectivity index (χ0n) is 13.7. The lowest BCUT2D eigenvalue weighted by molar-refractivity contribution is 0.705. The predicted octanol–water partition coefficient (Wildman–Crippen LogP) is 3.43. The molecule has 128 valence electrons. The van der Waals surface area contributed by atoms with E-state index in [2.05, 4.69) is 62.3 Å². The van der Waals surface area contributed by atoms with Gasteiger partial charge in [-0.2, -0.15) is 5.10 Å². The molecule has 0 spiro atoms. The second-order valence-electron chi connectivity index (χ2n) is 5.96. The number of hydrogen-bond donors (Lipinski definition) is 3. The third kappa shape index (κ3) is 3.55. The minimum atomic E-state index is 0.0509. The molecule has 25 heavy (non-hydrogen) atoms. The van der Waals surface area contributed by atoms with E-state index in [4.69, 9.17) is 5.73 Å². The summed E-state index contributed by atoms with van der Waals surface area (Å²) in [6, 6.07) is 8.40. The van der Waals surface area contributed by atoms with Crippen LogP contribution in [0.15, 0.2) is 35.8 Å². The molecule has 3 aromatic heterocycles. The van der Waals surface area contributed by atoms with Crippen LogP contribution in [0.1, 0.15) is 10.4 Å². The summed E-state index contributed by atoms with van der Waals surface area (Å²) < 4.78 is 0.